The number of carboxylic acids is 1. The van der Waals surface area contributed by atoms with Gasteiger partial charge in [-0.25, -0.2) is 0 Å². The molecule has 0 aromatic rings. The van der Waals surface area contributed by atoms with Crippen LogP contribution in [0.25, 0.3) is 0 Å². The lowest BCUT2D eigenvalue weighted by Gasteiger charge is -2.29. The van der Waals surface area contributed by atoms with Crippen LogP contribution in [0.4, 0.5) is 0 Å². The molecule has 0 rings (SSSR count). The summed E-state index contributed by atoms with van der Waals surface area (Å²) in [5.41, 5.74) is 2.92. The Morgan fingerprint density at radius 1 is 1.58 bits per heavy atom. The standard InChI is InChI=1S/C6H13NO5/c1-3(9)4(10)6(7,2-8)5(11)12/h3-4,8-10H,2,7H2,1H3,(H,11,12)/t3-,4+,6+/m1/s1. The highest BCUT2D eigenvalue weighted by Crippen LogP contribution is 2.10. The summed E-state index contributed by atoms with van der Waals surface area (Å²) in [4.78, 5) is 10.4. The second-order valence-corrected chi connectivity index (χ2v) is 2.69. The molecule has 0 aliphatic carbocycles. The lowest BCUT2D eigenvalue weighted by Crippen LogP contribution is -2.63. The van der Waals surface area contributed by atoms with Gasteiger partial charge in [0.05, 0.1) is 12.7 Å². The van der Waals surface area contributed by atoms with Gasteiger partial charge in [-0.15, -0.1) is 0 Å². The van der Waals surface area contributed by atoms with Gasteiger partial charge >= 0.3 is 5.97 Å². The van der Waals surface area contributed by atoms with E-state index in [0.717, 1.165) is 0 Å². The maximum absolute atomic E-state index is 10.4. The van der Waals surface area contributed by atoms with E-state index < -0.39 is 30.3 Å². The minimum atomic E-state index is -2.20. The Hall–Kier alpha value is -0.690. The summed E-state index contributed by atoms with van der Waals surface area (Å²) >= 11 is 0. The van der Waals surface area contributed by atoms with Crippen molar-refractivity contribution in [3.05, 3.63) is 0 Å². The third-order valence-corrected chi connectivity index (χ3v) is 1.64. The Balaban J connectivity index is 4.63. The Morgan fingerprint density at radius 3 is 2.08 bits per heavy atom. The zero-order valence-corrected chi connectivity index (χ0v) is 6.64. The average molecular weight is 179 g/mol. The topological polar surface area (TPSA) is 124 Å². The molecular formula is C6H13NO5. The number of carboxylic acid groups (broad SMARTS) is 1. The second kappa shape index (κ2) is 3.81. The molecule has 0 aromatic heterocycles. The number of rotatable bonds is 4. The molecule has 72 valence electrons. The quantitative estimate of drug-likeness (QED) is 0.325. The molecule has 0 amide bonds. The van der Waals surface area contributed by atoms with E-state index >= 15 is 0 Å². The van der Waals surface area contributed by atoms with Crippen LogP contribution < -0.4 is 5.73 Å². The third kappa shape index (κ3) is 1.92. The van der Waals surface area contributed by atoms with Crippen molar-refractivity contribution < 1.29 is 25.2 Å². The number of aliphatic hydroxyl groups excluding tert-OH is 3. The number of hydrogen-bond donors (Lipinski definition) is 5. The molecule has 0 fully saturated rings. The minimum absolute atomic E-state index is 0.936. The highest BCUT2D eigenvalue weighted by atomic mass is 16.4. The summed E-state index contributed by atoms with van der Waals surface area (Å²) < 4.78 is 0. The highest BCUT2D eigenvalue weighted by molar-refractivity contribution is 5.79. The molecule has 6 nitrogen and oxygen atoms in total. The molecule has 6 heteroatoms. The lowest BCUT2D eigenvalue weighted by molar-refractivity contribution is -0.154. The minimum Gasteiger partial charge on any atom is -0.480 e. The number of nitrogens with two attached hydrogens (primary N) is 1. The van der Waals surface area contributed by atoms with Gasteiger partial charge in [-0.2, -0.15) is 0 Å². The van der Waals surface area contributed by atoms with E-state index in [1.165, 1.54) is 6.92 Å². The Kier molecular flexibility index (Phi) is 3.59. The predicted octanol–water partition coefficient (Wildman–Crippen LogP) is -2.50. The second-order valence-electron chi connectivity index (χ2n) is 2.69. The molecule has 0 aliphatic heterocycles. The van der Waals surface area contributed by atoms with E-state index in [-0.39, 0.29) is 0 Å². The first-order valence-electron chi connectivity index (χ1n) is 3.35. The first kappa shape index (κ1) is 11.3. The van der Waals surface area contributed by atoms with Gasteiger partial charge in [-0.05, 0) is 6.92 Å². The molecule has 0 radical (unpaired) electrons. The zero-order chi connectivity index (χ0) is 9.94. The van der Waals surface area contributed by atoms with Gasteiger partial charge in [0.15, 0.2) is 5.54 Å². The normalized spacial score (nSPS) is 21.1. The SMILES string of the molecule is C[C@@H](O)[C@H](O)[C@@](N)(CO)C(=O)O. The van der Waals surface area contributed by atoms with Crippen molar-refractivity contribution in [2.45, 2.75) is 24.7 Å². The third-order valence-electron chi connectivity index (χ3n) is 1.64. The van der Waals surface area contributed by atoms with Gasteiger partial charge in [0.2, 0.25) is 0 Å². The van der Waals surface area contributed by atoms with E-state index in [2.05, 4.69) is 0 Å². The predicted molar refractivity (Wildman–Crippen MR) is 39.3 cm³/mol. The van der Waals surface area contributed by atoms with Crippen molar-refractivity contribution in [3.63, 3.8) is 0 Å². The summed E-state index contributed by atoms with van der Waals surface area (Å²) in [7, 11) is 0. The Labute approximate surface area is 69.2 Å². The van der Waals surface area contributed by atoms with Crippen molar-refractivity contribution in [1.29, 1.82) is 0 Å². The van der Waals surface area contributed by atoms with Crippen molar-refractivity contribution in [2.75, 3.05) is 6.61 Å². The largest absolute Gasteiger partial charge is 0.480 e. The first-order chi connectivity index (χ1) is 5.36. The van der Waals surface area contributed by atoms with E-state index in [1.54, 1.807) is 0 Å². The molecule has 0 spiro atoms. The summed E-state index contributed by atoms with van der Waals surface area (Å²) in [5.74, 6) is -1.56. The molecular weight excluding hydrogens is 166 g/mol. The van der Waals surface area contributed by atoms with E-state index in [9.17, 15) is 4.79 Å². The van der Waals surface area contributed by atoms with E-state index in [1.807, 2.05) is 0 Å². The number of carbonyl (C=O) groups is 1. The fourth-order valence-electron chi connectivity index (χ4n) is 0.718. The van der Waals surface area contributed by atoms with Crippen LogP contribution in [0.2, 0.25) is 0 Å². The van der Waals surface area contributed by atoms with Crippen LogP contribution in [0.1, 0.15) is 6.92 Å². The molecule has 12 heavy (non-hydrogen) atoms. The molecule has 0 aliphatic rings. The summed E-state index contributed by atoms with van der Waals surface area (Å²) in [6.45, 7) is 0.249. The fourth-order valence-corrected chi connectivity index (χ4v) is 0.718. The Morgan fingerprint density at radius 2 is 2.00 bits per heavy atom. The van der Waals surface area contributed by atoms with Gasteiger partial charge in [-0.3, -0.25) is 4.79 Å². The van der Waals surface area contributed by atoms with Gasteiger partial charge in [-0.1, -0.05) is 0 Å². The number of aliphatic hydroxyl groups is 3. The Bertz CT molecular complexity index is 171. The van der Waals surface area contributed by atoms with Crippen LogP contribution in [0.3, 0.4) is 0 Å². The van der Waals surface area contributed by atoms with Crippen LogP contribution >= 0.6 is 0 Å². The van der Waals surface area contributed by atoms with Crippen LogP contribution in [-0.2, 0) is 4.79 Å². The average Bonchev–Trinajstić information content (AvgIpc) is 2.01. The van der Waals surface area contributed by atoms with Crippen molar-refractivity contribution >= 4 is 5.97 Å². The van der Waals surface area contributed by atoms with Crippen LogP contribution in [-0.4, -0.2) is 50.7 Å². The van der Waals surface area contributed by atoms with E-state index in [0.29, 0.717) is 0 Å². The van der Waals surface area contributed by atoms with Crippen LogP contribution in [0.15, 0.2) is 0 Å². The van der Waals surface area contributed by atoms with Crippen molar-refractivity contribution in [1.82, 2.24) is 0 Å². The van der Waals surface area contributed by atoms with Gasteiger partial charge < -0.3 is 26.2 Å². The molecule has 0 bridgehead atoms. The van der Waals surface area contributed by atoms with Gasteiger partial charge in [0, 0.05) is 0 Å². The highest BCUT2D eigenvalue weighted by Gasteiger charge is 2.43. The summed E-state index contributed by atoms with van der Waals surface area (Å²) in [6.07, 6.45) is -3.00. The van der Waals surface area contributed by atoms with Gasteiger partial charge in [0.1, 0.15) is 6.10 Å². The number of hydrogen-bond acceptors (Lipinski definition) is 5. The van der Waals surface area contributed by atoms with Crippen molar-refractivity contribution in [2.24, 2.45) is 5.73 Å². The summed E-state index contributed by atoms with van der Waals surface area (Å²) in [5, 5.41) is 35.0. The molecule has 3 atom stereocenters. The smallest absolute Gasteiger partial charge is 0.328 e. The summed E-state index contributed by atoms with van der Waals surface area (Å²) in [6, 6.07) is 0. The molecule has 0 aromatic carbocycles. The zero-order valence-electron chi connectivity index (χ0n) is 6.64. The van der Waals surface area contributed by atoms with E-state index in [4.69, 9.17) is 26.2 Å². The molecule has 0 unspecified atom stereocenters. The molecule has 6 N–H and O–H groups in total. The first-order valence-corrected chi connectivity index (χ1v) is 3.35. The van der Waals surface area contributed by atoms with Gasteiger partial charge in [0.25, 0.3) is 0 Å². The molecule has 0 saturated heterocycles. The monoisotopic (exact) mass is 179 g/mol. The fraction of sp³-hybridized carbons (Fsp3) is 0.833. The maximum Gasteiger partial charge on any atom is 0.328 e. The van der Waals surface area contributed by atoms with Crippen LogP contribution in [0, 0.1) is 0 Å². The molecule has 0 heterocycles. The molecule has 0 saturated carbocycles. The van der Waals surface area contributed by atoms with Crippen LogP contribution in [0.5, 0.6) is 0 Å². The van der Waals surface area contributed by atoms with Crippen molar-refractivity contribution in [3.8, 4) is 0 Å². The lowest BCUT2D eigenvalue weighted by atomic mass is 9.91. The maximum atomic E-state index is 10.4. The number of aliphatic carboxylic acids is 1.